The van der Waals surface area contributed by atoms with Crippen LogP contribution in [0.4, 0.5) is 13.2 Å². The molecule has 1 N–H and O–H groups in total. The van der Waals surface area contributed by atoms with Crippen LogP contribution in [0.15, 0.2) is 59.5 Å². The number of alkyl halides is 3. The number of rotatable bonds is 6. The van der Waals surface area contributed by atoms with Gasteiger partial charge in [0.05, 0.1) is 17.6 Å². The van der Waals surface area contributed by atoms with Crippen molar-refractivity contribution in [2.24, 2.45) is 0 Å². The fourth-order valence-electron chi connectivity index (χ4n) is 2.24. The standard InChI is InChI=1S/C17H16F3NO4S/c1-25-16(22)15(11-12-5-3-2-4-6-12)21-26(23,24)14-9-7-13(8-10-14)17(18,19)20/h2-10,15,21H,11H2,1H3. The maximum absolute atomic E-state index is 12.6. The fraction of sp³-hybridized carbons (Fsp3) is 0.235. The second-order valence-electron chi connectivity index (χ2n) is 5.41. The molecule has 0 aromatic heterocycles. The molecule has 0 aliphatic heterocycles. The Kier molecular flexibility index (Phi) is 6.04. The zero-order valence-electron chi connectivity index (χ0n) is 13.7. The molecule has 2 aromatic carbocycles. The smallest absolute Gasteiger partial charge is 0.416 e. The number of halogens is 3. The molecule has 2 aromatic rings. The van der Waals surface area contributed by atoms with Crippen LogP contribution >= 0.6 is 0 Å². The Morgan fingerprint density at radius 1 is 1.08 bits per heavy atom. The first-order chi connectivity index (χ1) is 12.1. The summed E-state index contributed by atoms with van der Waals surface area (Å²) in [5, 5.41) is 0. The monoisotopic (exact) mass is 387 g/mol. The lowest BCUT2D eigenvalue weighted by Crippen LogP contribution is -2.43. The average Bonchev–Trinajstić information content (AvgIpc) is 2.60. The molecular formula is C17H16F3NO4S. The van der Waals surface area contributed by atoms with E-state index in [1.54, 1.807) is 30.3 Å². The summed E-state index contributed by atoms with van der Waals surface area (Å²) in [7, 11) is -3.10. The molecule has 0 spiro atoms. The third-order valence-electron chi connectivity index (χ3n) is 3.56. The highest BCUT2D eigenvalue weighted by atomic mass is 32.2. The van der Waals surface area contributed by atoms with Crippen molar-refractivity contribution in [1.82, 2.24) is 4.72 Å². The number of hydrogen-bond donors (Lipinski definition) is 1. The lowest BCUT2D eigenvalue weighted by molar-refractivity contribution is -0.142. The van der Waals surface area contributed by atoms with E-state index in [4.69, 9.17) is 0 Å². The van der Waals surface area contributed by atoms with Crippen LogP contribution in [0.5, 0.6) is 0 Å². The maximum atomic E-state index is 12.6. The molecule has 0 fully saturated rings. The zero-order chi connectivity index (χ0) is 19.4. The van der Waals surface area contributed by atoms with Gasteiger partial charge >= 0.3 is 12.1 Å². The Morgan fingerprint density at radius 2 is 1.65 bits per heavy atom. The Morgan fingerprint density at radius 3 is 2.15 bits per heavy atom. The van der Waals surface area contributed by atoms with E-state index >= 15 is 0 Å². The summed E-state index contributed by atoms with van der Waals surface area (Å²) in [6.07, 6.45) is -4.54. The molecule has 1 atom stereocenters. The molecule has 9 heteroatoms. The third-order valence-corrected chi connectivity index (χ3v) is 5.05. The Bertz CT molecular complexity index is 850. The van der Waals surface area contributed by atoms with Crippen molar-refractivity contribution >= 4 is 16.0 Å². The zero-order valence-corrected chi connectivity index (χ0v) is 14.5. The van der Waals surface area contributed by atoms with Crippen LogP contribution in [0.1, 0.15) is 11.1 Å². The third kappa shape index (κ3) is 5.06. The second kappa shape index (κ2) is 7.88. The predicted octanol–water partition coefficient (Wildman–Crippen LogP) is 2.77. The SMILES string of the molecule is COC(=O)C(Cc1ccccc1)NS(=O)(=O)c1ccc(C(F)(F)F)cc1. The molecule has 0 aliphatic rings. The predicted molar refractivity (Wildman–Crippen MR) is 87.7 cm³/mol. The Labute approximate surface area is 148 Å². The molecule has 0 amide bonds. The molecule has 0 saturated heterocycles. The quantitative estimate of drug-likeness (QED) is 0.774. The molecule has 0 heterocycles. The molecular weight excluding hydrogens is 371 g/mol. The van der Waals surface area contributed by atoms with Gasteiger partial charge in [0.25, 0.3) is 0 Å². The van der Waals surface area contributed by atoms with Gasteiger partial charge in [-0.15, -0.1) is 0 Å². The van der Waals surface area contributed by atoms with Crippen molar-refractivity contribution in [3.8, 4) is 0 Å². The van der Waals surface area contributed by atoms with Crippen LogP contribution < -0.4 is 4.72 Å². The highest BCUT2D eigenvalue weighted by Gasteiger charge is 2.31. The second-order valence-corrected chi connectivity index (χ2v) is 7.12. The van der Waals surface area contributed by atoms with Gasteiger partial charge in [-0.25, -0.2) is 8.42 Å². The average molecular weight is 387 g/mol. The first-order valence-corrected chi connectivity index (χ1v) is 8.93. The molecule has 5 nitrogen and oxygen atoms in total. The Balaban J connectivity index is 2.24. The largest absolute Gasteiger partial charge is 0.468 e. The van der Waals surface area contributed by atoms with Crippen LogP contribution in [0.2, 0.25) is 0 Å². The fourth-order valence-corrected chi connectivity index (χ4v) is 3.43. The van der Waals surface area contributed by atoms with E-state index in [0.717, 1.165) is 19.2 Å². The summed E-state index contributed by atoms with van der Waals surface area (Å²) in [4.78, 5) is 11.5. The summed E-state index contributed by atoms with van der Waals surface area (Å²) < 4.78 is 69.4. The number of hydrogen-bond acceptors (Lipinski definition) is 4. The minimum atomic E-state index is -4.57. The van der Waals surface area contributed by atoms with Gasteiger partial charge < -0.3 is 4.74 Å². The van der Waals surface area contributed by atoms with Gasteiger partial charge in [0.2, 0.25) is 10.0 Å². The van der Waals surface area contributed by atoms with E-state index in [-0.39, 0.29) is 11.3 Å². The summed E-state index contributed by atoms with van der Waals surface area (Å²) in [6.45, 7) is 0. The van der Waals surface area contributed by atoms with E-state index in [2.05, 4.69) is 9.46 Å². The van der Waals surface area contributed by atoms with Crippen LogP contribution in [0.25, 0.3) is 0 Å². The van der Waals surface area contributed by atoms with E-state index in [0.29, 0.717) is 17.7 Å². The molecule has 1 unspecified atom stereocenters. The van der Waals surface area contributed by atoms with Crippen LogP contribution in [0, 0.1) is 0 Å². The van der Waals surface area contributed by atoms with Crippen LogP contribution in [-0.4, -0.2) is 27.5 Å². The van der Waals surface area contributed by atoms with E-state index in [9.17, 15) is 26.4 Å². The van der Waals surface area contributed by atoms with Crippen molar-refractivity contribution in [3.63, 3.8) is 0 Å². The molecule has 0 saturated carbocycles. The highest BCUT2D eigenvalue weighted by Crippen LogP contribution is 2.29. The molecule has 140 valence electrons. The maximum Gasteiger partial charge on any atom is 0.416 e. The number of methoxy groups -OCH3 is 1. The Hall–Kier alpha value is -2.39. The van der Waals surface area contributed by atoms with Gasteiger partial charge in [-0.1, -0.05) is 30.3 Å². The van der Waals surface area contributed by atoms with Crippen LogP contribution in [-0.2, 0) is 32.2 Å². The summed E-state index contributed by atoms with van der Waals surface area (Å²) in [5.74, 6) is -0.802. The van der Waals surface area contributed by atoms with Crippen molar-refractivity contribution < 1.29 is 31.1 Å². The van der Waals surface area contributed by atoms with Crippen molar-refractivity contribution in [2.45, 2.75) is 23.5 Å². The van der Waals surface area contributed by atoms with Crippen molar-refractivity contribution in [3.05, 3.63) is 65.7 Å². The molecule has 26 heavy (non-hydrogen) atoms. The topological polar surface area (TPSA) is 72.5 Å². The van der Waals surface area contributed by atoms with Gasteiger partial charge in [-0.05, 0) is 36.2 Å². The lowest BCUT2D eigenvalue weighted by Gasteiger charge is -2.17. The normalized spacial score (nSPS) is 13.2. The minimum Gasteiger partial charge on any atom is -0.468 e. The number of ether oxygens (including phenoxy) is 1. The number of sulfonamides is 1. The molecule has 0 bridgehead atoms. The number of esters is 1. The van der Waals surface area contributed by atoms with Crippen molar-refractivity contribution in [2.75, 3.05) is 7.11 Å². The van der Waals surface area contributed by atoms with Gasteiger partial charge in [-0.2, -0.15) is 17.9 Å². The van der Waals surface area contributed by atoms with Gasteiger partial charge in [0.1, 0.15) is 6.04 Å². The first-order valence-electron chi connectivity index (χ1n) is 7.45. The van der Waals surface area contributed by atoms with Gasteiger partial charge in [0.15, 0.2) is 0 Å². The first kappa shape index (κ1) is 19.9. The van der Waals surface area contributed by atoms with Gasteiger partial charge in [-0.3, -0.25) is 4.79 Å². The number of carbonyl (C=O) groups is 1. The number of benzene rings is 2. The van der Waals surface area contributed by atoms with Gasteiger partial charge in [0, 0.05) is 0 Å². The summed E-state index contributed by atoms with van der Waals surface area (Å²) in [5.41, 5.74) is -0.275. The van der Waals surface area contributed by atoms with E-state index < -0.39 is 33.8 Å². The summed E-state index contributed by atoms with van der Waals surface area (Å²) >= 11 is 0. The number of nitrogens with one attached hydrogen (secondary N) is 1. The van der Waals surface area contributed by atoms with E-state index in [1.165, 1.54) is 0 Å². The lowest BCUT2D eigenvalue weighted by atomic mass is 10.1. The molecule has 0 aliphatic carbocycles. The number of carbonyl (C=O) groups excluding carboxylic acids is 1. The van der Waals surface area contributed by atoms with Crippen molar-refractivity contribution in [1.29, 1.82) is 0 Å². The van der Waals surface area contributed by atoms with Crippen LogP contribution in [0.3, 0.4) is 0 Å². The highest BCUT2D eigenvalue weighted by molar-refractivity contribution is 7.89. The molecule has 0 radical (unpaired) electrons. The minimum absolute atomic E-state index is 0.0351. The summed E-state index contributed by atoms with van der Waals surface area (Å²) in [6, 6.07) is 10.4. The molecule has 2 rings (SSSR count). The van der Waals surface area contributed by atoms with E-state index in [1.807, 2.05) is 0 Å².